The minimum atomic E-state index is -0.627. The normalized spacial score (nSPS) is 12.5. The first-order valence-electron chi connectivity index (χ1n) is 6.94. The lowest BCUT2D eigenvalue weighted by molar-refractivity contribution is 0.191. The summed E-state index contributed by atoms with van der Waals surface area (Å²) >= 11 is 3.11. The monoisotopic (exact) mass is 351 g/mol. The van der Waals surface area contributed by atoms with Gasteiger partial charge in [0.15, 0.2) is 0 Å². The molecular formula is C17H19BrFNO. The molecule has 1 unspecified atom stereocenters. The molecule has 0 aromatic heterocycles. The second-order valence-corrected chi connectivity index (χ2v) is 6.20. The Hall–Kier alpha value is -1.39. The van der Waals surface area contributed by atoms with Crippen molar-refractivity contribution in [1.29, 1.82) is 0 Å². The van der Waals surface area contributed by atoms with Crippen LogP contribution in [0, 0.1) is 5.82 Å². The summed E-state index contributed by atoms with van der Waals surface area (Å²) in [5.41, 5.74) is 2.74. The second-order valence-electron chi connectivity index (χ2n) is 5.35. The Kier molecular flexibility index (Phi) is 5.37. The molecule has 2 nitrogen and oxygen atoms in total. The lowest BCUT2D eigenvalue weighted by Crippen LogP contribution is -2.12. The van der Waals surface area contributed by atoms with E-state index in [1.807, 2.05) is 24.3 Å². The van der Waals surface area contributed by atoms with E-state index in [1.54, 1.807) is 12.1 Å². The van der Waals surface area contributed by atoms with Gasteiger partial charge in [-0.2, -0.15) is 0 Å². The highest BCUT2D eigenvalue weighted by molar-refractivity contribution is 9.10. The molecule has 2 aromatic rings. The third-order valence-electron chi connectivity index (χ3n) is 3.41. The topological polar surface area (TPSA) is 32.3 Å². The number of benzene rings is 2. The average molecular weight is 352 g/mol. The summed E-state index contributed by atoms with van der Waals surface area (Å²) < 4.78 is 13.8. The maximum absolute atomic E-state index is 13.4. The van der Waals surface area contributed by atoms with Crippen LogP contribution in [-0.2, 0) is 0 Å². The molecular weight excluding hydrogens is 333 g/mol. The smallest absolute Gasteiger partial charge is 0.139 e. The molecule has 0 bridgehead atoms. The van der Waals surface area contributed by atoms with E-state index < -0.39 is 6.10 Å². The van der Waals surface area contributed by atoms with Crippen LogP contribution in [0.1, 0.15) is 37.0 Å². The number of aliphatic hydroxyl groups is 1. The predicted octanol–water partition coefficient (Wildman–Crippen LogP) is 4.86. The van der Waals surface area contributed by atoms with Gasteiger partial charge in [0.1, 0.15) is 5.82 Å². The molecule has 0 spiro atoms. The highest BCUT2D eigenvalue weighted by atomic mass is 79.9. The molecule has 0 aliphatic heterocycles. The first-order valence-corrected chi connectivity index (χ1v) is 7.73. The lowest BCUT2D eigenvalue weighted by Gasteiger charge is -2.14. The highest BCUT2D eigenvalue weighted by Gasteiger charge is 2.09. The van der Waals surface area contributed by atoms with E-state index in [0.717, 1.165) is 5.56 Å². The fraction of sp³-hybridized carbons (Fsp3) is 0.294. The van der Waals surface area contributed by atoms with Crippen LogP contribution in [0.5, 0.6) is 0 Å². The van der Waals surface area contributed by atoms with Crippen molar-refractivity contribution < 1.29 is 9.50 Å². The maximum atomic E-state index is 13.4. The van der Waals surface area contributed by atoms with Crippen LogP contribution >= 0.6 is 15.9 Å². The Morgan fingerprint density at radius 2 is 1.71 bits per heavy atom. The summed E-state index contributed by atoms with van der Waals surface area (Å²) in [5, 5.41) is 13.2. The van der Waals surface area contributed by atoms with Crippen LogP contribution in [-0.4, -0.2) is 11.7 Å². The van der Waals surface area contributed by atoms with Crippen molar-refractivity contribution >= 4 is 21.6 Å². The van der Waals surface area contributed by atoms with Crippen molar-refractivity contribution in [3.8, 4) is 0 Å². The Morgan fingerprint density at radius 3 is 2.29 bits per heavy atom. The van der Waals surface area contributed by atoms with Crippen molar-refractivity contribution in [3.63, 3.8) is 0 Å². The van der Waals surface area contributed by atoms with E-state index in [-0.39, 0.29) is 5.82 Å². The minimum Gasteiger partial charge on any atom is -0.387 e. The Balaban J connectivity index is 1.97. The summed E-state index contributed by atoms with van der Waals surface area (Å²) in [4.78, 5) is 0. The van der Waals surface area contributed by atoms with Crippen LogP contribution in [0.2, 0.25) is 0 Å². The summed E-state index contributed by atoms with van der Waals surface area (Å²) in [5.74, 6) is 0.149. The van der Waals surface area contributed by atoms with Crippen LogP contribution in [0.3, 0.4) is 0 Å². The summed E-state index contributed by atoms with van der Waals surface area (Å²) in [6, 6.07) is 12.7. The molecule has 0 amide bonds. The van der Waals surface area contributed by atoms with Crippen molar-refractivity contribution in [2.24, 2.45) is 0 Å². The molecule has 0 saturated carbocycles. The molecule has 0 aliphatic rings. The van der Waals surface area contributed by atoms with Crippen molar-refractivity contribution in [2.45, 2.75) is 25.9 Å². The fourth-order valence-corrected chi connectivity index (χ4v) is 2.29. The van der Waals surface area contributed by atoms with Gasteiger partial charge in [-0.1, -0.05) is 38.1 Å². The van der Waals surface area contributed by atoms with Gasteiger partial charge < -0.3 is 10.4 Å². The number of hydrogen-bond acceptors (Lipinski definition) is 2. The molecule has 0 saturated heterocycles. The molecule has 2 N–H and O–H groups in total. The maximum Gasteiger partial charge on any atom is 0.139 e. The summed E-state index contributed by atoms with van der Waals surface area (Å²) in [7, 11) is 0. The van der Waals surface area contributed by atoms with Crippen molar-refractivity contribution in [2.75, 3.05) is 11.9 Å². The zero-order valence-corrected chi connectivity index (χ0v) is 13.7. The molecule has 0 fully saturated rings. The predicted molar refractivity (Wildman–Crippen MR) is 88.1 cm³/mol. The van der Waals surface area contributed by atoms with E-state index in [1.165, 1.54) is 11.6 Å². The van der Waals surface area contributed by atoms with E-state index in [2.05, 4.69) is 35.1 Å². The third kappa shape index (κ3) is 4.29. The number of hydrogen-bond donors (Lipinski definition) is 2. The van der Waals surface area contributed by atoms with Crippen LogP contribution in [0.25, 0.3) is 0 Å². The van der Waals surface area contributed by atoms with Gasteiger partial charge in [-0.05, 0) is 51.2 Å². The molecule has 21 heavy (non-hydrogen) atoms. The number of rotatable bonds is 5. The van der Waals surface area contributed by atoms with E-state index in [4.69, 9.17) is 0 Å². The largest absolute Gasteiger partial charge is 0.387 e. The van der Waals surface area contributed by atoms with Crippen LogP contribution in [0.4, 0.5) is 10.1 Å². The first kappa shape index (κ1) is 16.0. The molecule has 2 rings (SSSR count). The Bertz CT molecular complexity index is 598. The van der Waals surface area contributed by atoms with Gasteiger partial charge in [-0.3, -0.25) is 0 Å². The molecule has 4 heteroatoms. The van der Waals surface area contributed by atoms with Crippen LogP contribution in [0.15, 0.2) is 46.9 Å². The van der Waals surface area contributed by atoms with Gasteiger partial charge in [0.05, 0.1) is 10.6 Å². The lowest BCUT2D eigenvalue weighted by atomic mass is 10.00. The SMILES string of the molecule is CC(C)c1ccc(C(O)CNc2ccc(Br)c(F)c2)cc1. The van der Waals surface area contributed by atoms with Gasteiger partial charge in [-0.15, -0.1) is 0 Å². The number of aliphatic hydroxyl groups excluding tert-OH is 1. The Labute approximate surface area is 133 Å². The molecule has 2 aromatic carbocycles. The number of halogens is 2. The van der Waals surface area contributed by atoms with E-state index >= 15 is 0 Å². The zero-order valence-electron chi connectivity index (χ0n) is 12.1. The van der Waals surface area contributed by atoms with Crippen LogP contribution < -0.4 is 5.32 Å². The molecule has 0 radical (unpaired) electrons. The average Bonchev–Trinajstić information content (AvgIpc) is 2.48. The summed E-state index contributed by atoms with van der Waals surface area (Å²) in [6.45, 7) is 4.60. The quantitative estimate of drug-likeness (QED) is 0.806. The first-order chi connectivity index (χ1) is 9.97. The van der Waals surface area contributed by atoms with Gasteiger partial charge in [-0.25, -0.2) is 4.39 Å². The second kappa shape index (κ2) is 7.05. The highest BCUT2D eigenvalue weighted by Crippen LogP contribution is 2.21. The van der Waals surface area contributed by atoms with Gasteiger partial charge in [0.2, 0.25) is 0 Å². The Morgan fingerprint density at radius 1 is 1.10 bits per heavy atom. The van der Waals surface area contributed by atoms with E-state index in [9.17, 15) is 9.50 Å². The molecule has 112 valence electrons. The van der Waals surface area contributed by atoms with Gasteiger partial charge in [0, 0.05) is 12.2 Å². The van der Waals surface area contributed by atoms with Crippen molar-refractivity contribution in [1.82, 2.24) is 0 Å². The fourth-order valence-electron chi connectivity index (χ4n) is 2.04. The third-order valence-corrected chi connectivity index (χ3v) is 4.05. The number of anilines is 1. The van der Waals surface area contributed by atoms with Crippen molar-refractivity contribution in [3.05, 3.63) is 63.9 Å². The molecule has 0 heterocycles. The summed E-state index contributed by atoms with van der Waals surface area (Å²) in [6.07, 6.45) is -0.627. The standard InChI is InChI=1S/C17H19BrFNO/c1-11(2)12-3-5-13(6-4-12)17(21)10-20-14-7-8-15(18)16(19)9-14/h3-9,11,17,20-21H,10H2,1-2H3. The molecule has 0 aliphatic carbocycles. The number of nitrogens with one attached hydrogen (secondary N) is 1. The zero-order chi connectivity index (χ0) is 15.4. The van der Waals surface area contributed by atoms with Gasteiger partial charge in [0.25, 0.3) is 0 Å². The molecule has 1 atom stereocenters. The van der Waals surface area contributed by atoms with Gasteiger partial charge >= 0.3 is 0 Å². The minimum absolute atomic E-state index is 0.323. The van der Waals surface area contributed by atoms with E-state index in [0.29, 0.717) is 22.6 Å².